The van der Waals surface area contributed by atoms with Gasteiger partial charge in [-0.05, 0) is 62.2 Å². The van der Waals surface area contributed by atoms with Gasteiger partial charge in [-0.2, -0.15) is 4.99 Å². The highest BCUT2D eigenvalue weighted by molar-refractivity contribution is 5.97. The van der Waals surface area contributed by atoms with Crippen molar-refractivity contribution in [2.75, 3.05) is 6.61 Å². The molecule has 1 saturated carbocycles. The number of aromatic nitrogens is 3. The second kappa shape index (κ2) is 9.85. The number of hydrogen-bond acceptors (Lipinski definition) is 5. The highest BCUT2D eigenvalue weighted by atomic mass is 19.1. The van der Waals surface area contributed by atoms with E-state index in [0.717, 1.165) is 32.1 Å². The van der Waals surface area contributed by atoms with Gasteiger partial charge in [0.2, 0.25) is 0 Å². The molecule has 3 heterocycles. The minimum Gasteiger partial charge on any atom is -0.462 e. The number of nitrogens with zero attached hydrogens (tertiary/aromatic N) is 4. The number of benzene rings is 1. The van der Waals surface area contributed by atoms with E-state index in [1.807, 2.05) is 0 Å². The van der Waals surface area contributed by atoms with Crippen LogP contribution >= 0.6 is 0 Å². The normalized spacial score (nSPS) is 14.9. The number of esters is 1. The maximum atomic E-state index is 13.5. The zero-order valence-corrected chi connectivity index (χ0v) is 19.8. The molecule has 4 aromatic rings. The van der Waals surface area contributed by atoms with Crippen LogP contribution in [0.1, 0.15) is 65.8 Å². The first kappa shape index (κ1) is 23.6. The molecule has 0 aliphatic heterocycles. The van der Waals surface area contributed by atoms with Crippen LogP contribution in [0.5, 0.6) is 0 Å². The minimum absolute atomic E-state index is 0.0140. The van der Waals surface area contributed by atoms with E-state index in [0.29, 0.717) is 11.3 Å². The molecule has 0 radical (unpaired) electrons. The van der Waals surface area contributed by atoms with Gasteiger partial charge in [0.25, 0.3) is 11.5 Å². The molecule has 1 amide bonds. The molecule has 0 saturated heterocycles. The fraction of sp³-hybridized carbons (Fsp3) is 0.296. The smallest absolute Gasteiger partial charge is 0.341 e. The average molecular weight is 489 g/mol. The quantitative estimate of drug-likeness (QED) is 0.317. The molecule has 3 aromatic heterocycles. The van der Waals surface area contributed by atoms with Crippen LogP contribution in [0.15, 0.2) is 64.5 Å². The Bertz CT molecular complexity index is 1600. The van der Waals surface area contributed by atoms with Crippen LogP contribution in [0.25, 0.3) is 16.7 Å². The van der Waals surface area contributed by atoms with Crippen molar-refractivity contribution in [2.24, 2.45) is 4.99 Å². The lowest BCUT2D eigenvalue weighted by molar-refractivity contribution is 0.0523. The Morgan fingerprint density at radius 2 is 1.86 bits per heavy atom. The van der Waals surface area contributed by atoms with E-state index in [1.165, 1.54) is 34.7 Å². The highest BCUT2D eigenvalue weighted by Crippen LogP contribution is 2.29. The zero-order valence-electron chi connectivity index (χ0n) is 19.8. The standard InChI is InChI=1S/C27H25FN4O4/c1-2-36-27(35)21-16-20-23(29-22-10-6-7-15-31(22)26(20)34)32(19-8-4-3-5-9-19)24(21)30-25(33)17-11-13-18(28)14-12-17/h6-7,10-16,19H,2-5,8-9H2,1H3. The van der Waals surface area contributed by atoms with Gasteiger partial charge < -0.3 is 9.30 Å². The van der Waals surface area contributed by atoms with Crippen molar-refractivity contribution in [3.05, 3.63) is 87.5 Å². The van der Waals surface area contributed by atoms with Gasteiger partial charge in [0.15, 0.2) is 5.49 Å². The van der Waals surface area contributed by atoms with Gasteiger partial charge in [-0.25, -0.2) is 14.2 Å². The van der Waals surface area contributed by atoms with Gasteiger partial charge >= 0.3 is 5.97 Å². The Morgan fingerprint density at radius 1 is 1.11 bits per heavy atom. The number of pyridine rings is 2. The molecular weight excluding hydrogens is 463 g/mol. The first-order chi connectivity index (χ1) is 17.5. The third-order valence-corrected chi connectivity index (χ3v) is 6.47. The maximum Gasteiger partial charge on any atom is 0.341 e. The van der Waals surface area contributed by atoms with Crippen molar-refractivity contribution in [1.29, 1.82) is 0 Å². The lowest BCUT2D eigenvalue weighted by atomic mass is 9.94. The van der Waals surface area contributed by atoms with Crippen molar-refractivity contribution in [2.45, 2.75) is 45.1 Å². The molecule has 1 aliphatic carbocycles. The average Bonchev–Trinajstić information content (AvgIpc) is 2.89. The SMILES string of the molecule is CCOC(=O)c1cc2c(=O)n3ccccc3nc2n(C2CCCCC2)c1=NC(=O)c1ccc(F)cc1. The fourth-order valence-electron chi connectivity index (χ4n) is 4.75. The number of ether oxygens (including phenoxy) is 1. The Hall–Kier alpha value is -4.14. The summed E-state index contributed by atoms with van der Waals surface area (Å²) >= 11 is 0. The van der Waals surface area contributed by atoms with E-state index in [1.54, 1.807) is 35.9 Å². The number of hydrogen-bond donors (Lipinski definition) is 0. The van der Waals surface area contributed by atoms with Crippen molar-refractivity contribution in [1.82, 2.24) is 14.0 Å². The van der Waals surface area contributed by atoms with Crippen molar-refractivity contribution in [3.8, 4) is 0 Å². The predicted octanol–water partition coefficient (Wildman–Crippen LogP) is 4.21. The molecular formula is C27H25FN4O4. The van der Waals surface area contributed by atoms with E-state index < -0.39 is 17.7 Å². The Morgan fingerprint density at radius 3 is 2.58 bits per heavy atom. The van der Waals surface area contributed by atoms with Gasteiger partial charge in [-0.3, -0.25) is 14.0 Å². The monoisotopic (exact) mass is 488 g/mol. The lowest BCUT2D eigenvalue weighted by Gasteiger charge is -2.27. The van der Waals surface area contributed by atoms with Crippen LogP contribution in [0.4, 0.5) is 4.39 Å². The summed E-state index contributed by atoms with van der Waals surface area (Å²) < 4.78 is 21.9. The summed E-state index contributed by atoms with van der Waals surface area (Å²) in [7, 11) is 0. The topological polar surface area (TPSA) is 95.0 Å². The number of amides is 1. The second-order valence-electron chi connectivity index (χ2n) is 8.77. The van der Waals surface area contributed by atoms with Gasteiger partial charge in [0.05, 0.1) is 12.0 Å². The van der Waals surface area contributed by atoms with Crippen LogP contribution in [0.3, 0.4) is 0 Å². The van der Waals surface area contributed by atoms with Gasteiger partial charge in [0, 0.05) is 17.8 Å². The number of fused-ring (bicyclic) bond motifs is 2. The number of rotatable bonds is 4. The Balaban J connectivity index is 1.89. The molecule has 9 heteroatoms. The fourth-order valence-corrected chi connectivity index (χ4v) is 4.75. The van der Waals surface area contributed by atoms with E-state index >= 15 is 0 Å². The molecule has 184 valence electrons. The third-order valence-electron chi connectivity index (χ3n) is 6.47. The molecule has 0 bridgehead atoms. The van der Waals surface area contributed by atoms with Crippen LogP contribution in [0.2, 0.25) is 0 Å². The van der Waals surface area contributed by atoms with Crippen molar-refractivity contribution >= 4 is 28.6 Å². The largest absolute Gasteiger partial charge is 0.462 e. The van der Waals surface area contributed by atoms with E-state index in [-0.39, 0.29) is 40.2 Å². The molecule has 0 N–H and O–H groups in total. The van der Waals surface area contributed by atoms with Crippen LogP contribution < -0.4 is 11.0 Å². The highest BCUT2D eigenvalue weighted by Gasteiger charge is 2.25. The molecule has 0 unspecified atom stereocenters. The summed E-state index contributed by atoms with van der Waals surface area (Å²) in [5.74, 6) is -1.80. The molecule has 5 rings (SSSR count). The van der Waals surface area contributed by atoms with Gasteiger partial charge in [-0.1, -0.05) is 25.3 Å². The predicted molar refractivity (Wildman–Crippen MR) is 131 cm³/mol. The second-order valence-corrected chi connectivity index (χ2v) is 8.77. The molecule has 1 aliphatic rings. The number of halogens is 1. The third kappa shape index (κ3) is 4.32. The number of carbonyl (C=O) groups excluding carboxylic acids is 2. The molecule has 0 atom stereocenters. The lowest BCUT2D eigenvalue weighted by Crippen LogP contribution is -2.35. The zero-order chi connectivity index (χ0) is 25.2. The summed E-state index contributed by atoms with van der Waals surface area (Å²) in [4.78, 5) is 48.8. The molecule has 1 aromatic carbocycles. The van der Waals surface area contributed by atoms with E-state index in [4.69, 9.17) is 9.72 Å². The Kier molecular flexibility index (Phi) is 6.45. The van der Waals surface area contributed by atoms with Gasteiger partial charge in [0.1, 0.15) is 22.7 Å². The maximum absolute atomic E-state index is 13.5. The van der Waals surface area contributed by atoms with Crippen LogP contribution in [0, 0.1) is 5.82 Å². The van der Waals surface area contributed by atoms with E-state index in [9.17, 15) is 18.8 Å². The molecule has 0 spiro atoms. The van der Waals surface area contributed by atoms with Crippen molar-refractivity contribution < 1.29 is 18.7 Å². The summed E-state index contributed by atoms with van der Waals surface area (Å²) in [6, 6.07) is 11.6. The van der Waals surface area contributed by atoms with Gasteiger partial charge in [-0.15, -0.1) is 0 Å². The molecule has 8 nitrogen and oxygen atoms in total. The number of carbonyl (C=O) groups is 2. The van der Waals surface area contributed by atoms with Crippen LogP contribution in [-0.4, -0.2) is 32.4 Å². The Labute approximate surface area is 205 Å². The first-order valence-electron chi connectivity index (χ1n) is 12.1. The summed E-state index contributed by atoms with van der Waals surface area (Å²) in [6.45, 7) is 1.79. The van der Waals surface area contributed by atoms with E-state index in [2.05, 4.69) is 4.99 Å². The molecule has 1 fully saturated rings. The summed E-state index contributed by atoms with van der Waals surface area (Å²) in [5, 5.41) is 0.237. The molecule has 36 heavy (non-hydrogen) atoms. The summed E-state index contributed by atoms with van der Waals surface area (Å²) in [6.07, 6.45) is 6.19. The van der Waals surface area contributed by atoms with Crippen molar-refractivity contribution in [3.63, 3.8) is 0 Å². The first-order valence-corrected chi connectivity index (χ1v) is 12.1. The van der Waals surface area contributed by atoms with Crippen LogP contribution in [-0.2, 0) is 4.74 Å². The minimum atomic E-state index is -0.688. The summed E-state index contributed by atoms with van der Waals surface area (Å²) in [5.41, 5.74) is 0.751.